The maximum absolute atomic E-state index is 12.4. The van der Waals surface area contributed by atoms with Gasteiger partial charge in [0.25, 0.3) is 5.56 Å². The number of benzene rings is 1. The number of fused-ring (bicyclic) bond motifs is 1. The molecule has 0 radical (unpaired) electrons. The van der Waals surface area contributed by atoms with Crippen molar-refractivity contribution in [3.8, 4) is 5.69 Å². The SMILES string of the molecule is Cc1ccc2nc(CN(C)[C@@H](C)c3ccc(-n4cncn4)cc3)cc(=O)n2c1. The van der Waals surface area contributed by atoms with Gasteiger partial charge in [0.05, 0.1) is 11.4 Å². The highest BCUT2D eigenvalue weighted by Crippen LogP contribution is 2.21. The maximum Gasteiger partial charge on any atom is 0.258 e. The van der Waals surface area contributed by atoms with Crippen LogP contribution in [0.25, 0.3) is 11.3 Å². The summed E-state index contributed by atoms with van der Waals surface area (Å²) in [6.07, 6.45) is 5.01. The van der Waals surface area contributed by atoms with E-state index in [2.05, 4.69) is 39.0 Å². The van der Waals surface area contributed by atoms with Crippen LogP contribution in [0.4, 0.5) is 0 Å². The summed E-state index contributed by atoms with van der Waals surface area (Å²) in [6, 6.07) is 13.9. The van der Waals surface area contributed by atoms with Crippen LogP contribution in [0.1, 0.15) is 29.8 Å². The summed E-state index contributed by atoms with van der Waals surface area (Å²) < 4.78 is 3.32. The topological polar surface area (TPSA) is 68.3 Å². The molecule has 3 aromatic heterocycles. The molecule has 0 aliphatic rings. The molecule has 0 saturated heterocycles. The van der Waals surface area contributed by atoms with Gasteiger partial charge in [0, 0.05) is 24.8 Å². The molecule has 0 spiro atoms. The zero-order valence-electron chi connectivity index (χ0n) is 16.1. The Bertz CT molecular complexity index is 1150. The first-order chi connectivity index (χ1) is 13.5. The van der Waals surface area contributed by atoms with Crippen molar-refractivity contribution in [1.29, 1.82) is 0 Å². The highest BCUT2D eigenvalue weighted by Gasteiger charge is 2.14. The molecule has 28 heavy (non-hydrogen) atoms. The zero-order valence-corrected chi connectivity index (χ0v) is 16.1. The molecule has 1 atom stereocenters. The Labute approximate surface area is 162 Å². The molecule has 0 N–H and O–H groups in total. The van der Waals surface area contributed by atoms with Gasteiger partial charge in [0.1, 0.15) is 18.3 Å². The van der Waals surface area contributed by atoms with Gasteiger partial charge in [0.2, 0.25) is 0 Å². The summed E-state index contributed by atoms with van der Waals surface area (Å²) in [7, 11) is 2.04. The second-order valence-corrected chi connectivity index (χ2v) is 7.04. The second-order valence-electron chi connectivity index (χ2n) is 7.04. The predicted octanol–water partition coefficient (Wildman–Crippen LogP) is 2.78. The first-order valence-electron chi connectivity index (χ1n) is 9.15. The normalized spacial score (nSPS) is 12.6. The Morgan fingerprint density at radius 3 is 2.64 bits per heavy atom. The molecular formula is C21H22N6O. The molecule has 0 fully saturated rings. The number of rotatable bonds is 5. The van der Waals surface area contributed by atoms with Crippen LogP contribution in [0.15, 0.2) is 66.1 Å². The zero-order chi connectivity index (χ0) is 19.7. The number of hydrogen-bond donors (Lipinski definition) is 0. The summed E-state index contributed by atoms with van der Waals surface area (Å²) in [5.41, 5.74) is 4.56. The van der Waals surface area contributed by atoms with Crippen LogP contribution in [0.5, 0.6) is 0 Å². The molecule has 0 bridgehead atoms. The molecule has 142 valence electrons. The minimum Gasteiger partial charge on any atom is -0.294 e. The molecule has 7 nitrogen and oxygen atoms in total. The van der Waals surface area contributed by atoms with Gasteiger partial charge in [-0.15, -0.1) is 0 Å². The summed E-state index contributed by atoms with van der Waals surface area (Å²) in [5.74, 6) is 0. The van der Waals surface area contributed by atoms with Crippen molar-refractivity contribution in [3.05, 3.63) is 88.5 Å². The molecule has 0 unspecified atom stereocenters. The van der Waals surface area contributed by atoms with Gasteiger partial charge in [-0.3, -0.25) is 14.1 Å². The van der Waals surface area contributed by atoms with Gasteiger partial charge in [0.15, 0.2) is 0 Å². The molecule has 3 heterocycles. The number of aryl methyl sites for hydroxylation is 1. The molecule has 0 aliphatic heterocycles. The minimum atomic E-state index is -0.0538. The average molecular weight is 374 g/mol. The summed E-state index contributed by atoms with van der Waals surface area (Å²) in [4.78, 5) is 23.2. The fourth-order valence-electron chi connectivity index (χ4n) is 3.23. The van der Waals surface area contributed by atoms with Crippen LogP contribution in [0.3, 0.4) is 0 Å². The quantitative estimate of drug-likeness (QED) is 0.537. The van der Waals surface area contributed by atoms with Crippen molar-refractivity contribution in [2.75, 3.05) is 7.05 Å². The van der Waals surface area contributed by atoms with Crippen LogP contribution in [-0.4, -0.2) is 36.1 Å². The number of hydrogen-bond acceptors (Lipinski definition) is 5. The van der Waals surface area contributed by atoms with Gasteiger partial charge < -0.3 is 0 Å². The lowest BCUT2D eigenvalue weighted by Gasteiger charge is -2.25. The van der Waals surface area contributed by atoms with Crippen LogP contribution >= 0.6 is 0 Å². The minimum absolute atomic E-state index is 0.0538. The van der Waals surface area contributed by atoms with Crippen molar-refractivity contribution in [1.82, 2.24) is 29.0 Å². The van der Waals surface area contributed by atoms with E-state index >= 15 is 0 Å². The molecule has 7 heteroatoms. The number of aromatic nitrogens is 5. The average Bonchev–Trinajstić information content (AvgIpc) is 3.23. The van der Waals surface area contributed by atoms with E-state index in [-0.39, 0.29) is 11.6 Å². The highest BCUT2D eigenvalue weighted by atomic mass is 16.1. The fourth-order valence-corrected chi connectivity index (χ4v) is 3.23. The second kappa shape index (κ2) is 7.36. The monoisotopic (exact) mass is 374 g/mol. The van der Waals surface area contributed by atoms with Gasteiger partial charge in [-0.05, 0) is 50.2 Å². The first kappa shape index (κ1) is 18.1. The van der Waals surface area contributed by atoms with E-state index in [1.54, 1.807) is 21.5 Å². The van der Waals surface area contributed by atoms with Crippen LogP contribution in [0.2, 0.25) is 0 Å². The Hall–Kier alpha value is -3.32. The smallest absolute Gasteiger partial charge is 0.258 e. The largest absolute Gasteiger partial charge is 0.294 e. The Morgan fingerprint density at radius 1 is 1.14 bits per heavy atom. The van der Waals surface area contributed by atoms with Crippen molar-refractivity contribution in [2.45, 2.75) is 26.4 Å². The van der Waals surface area contributed by atoms with Gasteiger partial charge in [-0.1, -0.05) is 18.2 Å². The van der Waals surface area contributed by atoms with Crippen LogP contribution in [0, 0.1) is 6.92 Å². The molecule has 4 rings (SSSR count). The van der Waals surface area contributed by atoms with Crippen LogP contribution in [-0.2, 0) is 6.54 Å². The Morgan fingerprint density at radius 2 is 1.93 bits per heavy atom. The number of nitrogens with zero attached hydrogens (tertiary/aromatic N) is 6. The fraction of sp³-hybridized carbons (Fsp3) is 0.238. The highest BCUT2D eigenvalue weighted by molar-refractivity contribution is 5.40. The third-order valence-corrected chi connectivity index (χ3v) is 4.99. The Balaban J connectivity index is 1.53. The van der Waals surface area contributed by atoms with E-state index in [1.807, 2.05) is 44.4 Å². The lowest BCUT2D eigenvalue weighted by molar-refractivity contribution is 0.250. The van der Waals surface area contributed by atoms with E-state index in [1.165, 1.54) is 11.9 Å². The van der Waals surface area contributed by atoms with E-state index in [0.29, 0.717) is 12.2 Å². The van der Waals surface area contributed by atoms with Crippen molar-refractivity contribution in [2.24, 2.45) is 0 Å². The third kappa shape index (κ3) is 3.57. The van der Waals surface area contributed by atoms with Gasteiger partial charge in [-0.25, -0.2) is 14.6 Å². The van der Waals surface area contributed by atoms with E-state index in [4.69, 9.17) is 0 Å². The van der Waals surface area contributed by atoms with Gasteiger partial charge >= 0.3 is 0 Å². The summed E-state index contributed by atoms with van der Waals surface area (Å²) >= 11 is 0. The molecular weight excluding hydrogens is 352 g/mol. The van der Waals surface area contributed by atoms with Gasteiger partial charge in [-0.2, -0.15) is 5.10 Å². The van der Waals surface area contributed by atoms with E-state index in [0.717, 1.165) is 16.9 Å². The first-order valence-corrected chi connectivity index (χ1v) is 9.15. The van der Waals surface area contributed by atoms with E-state index in [9.17, 15) is 4.79 Å². The standard InChI is InChI=1S/C21H22N6O/c1-15-4-9-20-24-18(10-21(28)26(20)11-15)12-25(3)16(2)17-5-7-19(8-6-17)27-14-22-13-23-27/h4-11,13-14,16H,12H2,1-3H3/t16-/m0/s1. The van der Waals surface area contributed by atoms with Crippen molar-refractivity contribution < 1.29 is 0 Å². The molecule has 1 aromatic carbocycles. The molecule has 0 aliphatic carbocycles. The lowest BCUT2D eigenvalue weighted by atomic mass is 10.1. The van der Waals surface area contributed by atoms with Crippen molar-refractivity contribution >= 4 is 5.65 Å². The predicted molar refractivity (Wildman–Crippen MR) is 107 cm³/mol. The summed E-state index contributed by atoms with van der Waals surface area (Å²) in [5, 5.41) is 4.15. The maximum atomic E-state index is 12.4. The molecule has 4 aromatic rings. The lowest BCUT2D eigenvalue weighted by Crippen LogP contribution is -2.24. The van der Waals surface area contributed by atoms with Crippen molar-refractivity contribution in [3.63, 3.8) is 0 Å². The molecule has 0 amide bonds. The third-order valence-electron chi connectivity index (χ3n) is 4.99. The Kier molecular flexibility index (Phi) is 4.75. The van der Waals surface area contributed by atoms with E-state index < -0.39 is 0 Å². The van der Waals surface area contributed by atoms with Crippen LogP contribution < -0.4 is 5.56 Å². The molecule has 0 saturated carbocycles. The number of pyridine rings is 1. The summed E-state index contributed by atoms with van der Waals surface area (Å²) in [6.45, 7) is 4.69.